The molecule has 0 saturated heterocycles. The third kappa shape index (κ3) is 4.01. The SMILES string of the molecule is C=C(C)c1cc(F)c(COc2ccnc(-c3c(OC)ncnc3C3CC3)n2)cc1C. The molecule has 0 spiro atoms. The number of aromatic nitrogens is 4. The first-order valence-electron chi connectivity index (χ1n) is 9.78. The molecule has 0 bridgehead atoms. The normalized spacial score (nSPS) is 13.2. The van der Waals surface area contributed by atoms with Crippen molar-refractivity contribution in [2.45, 2.75) is 39.2 Å². The van der Waals surface area contributed by atoms with Crippen LogP contribution in [0.1, 0.15) is 48.1 Å². The first kappa shape index (κ1) is 19.9. The van der Waals surface area contributed by atoms with Gasteiger partial charge >= 0.3 is 0 Å². The van der Waals surface area contributed by atoms with Gasteiger partial charge in [-0.1, -0.05) is 12.2 Å². The number of nitrogens with zero attached hydrogens (tertiary/aromatic N) is 4. The lowest BCUT2D eigenvalue weighted by molar-refractivity contribution is 0.287. The van der Waals surface area contributed by atoms with Crippen LogP contribution in [-0.2, 0) is 6.61 Å². The zero-order valence-corrected chi connectivity index (χ0v) is 17.3. The molecular weight excluding hydrogens is 383 g/mol. The van der Waals surface area contributed by atoms with Gasteiger partial charge in [0.2, 0.25) is 11.8 Å². The minimum absolute atomic E-state index is 0.0531. The average Bonchev–Trinajstić information content (AvgIpc) is 3.58. The van der Waals surface area contributed by atoms with Crippen LogP contribution < -0.4 is 9.47 Å². The van der Waals surface area contributed by atoms with Crippen molar-refractivity contribution in [3.05, 3.63) is 65.5 Å². The minimum Gasteiger partial charge on any atom is -0.480 e. The second kappa shape index (κ2) is 8.18. The number of ether oxygens (including phenoxy) is 2. The molecular formula is C23H23FN4O2. The Morgan fingerprint density at radius 1 is 1.23 bits per heavy atom. The lowest BCUT2D eigenvalue weighted by Gasteiger charge is -2.13. The van der Waals surface area contributed by atoms with Crippen molar-refractivity contribution in [2.24, 2.45) is 0 Å². The third-order valence-electron chi connectivity index (χ3n) is 5.08. The van der Waals surface area contributed by atoms with E-state index in [-0.39, 0.29) is 12.4 Å². The molecule has 0 radical (unpaired) electrons. The summed E-state index contributed by atoms with van der Waals surface area (Å²) in [5.74, 6) is 1.24. The summed E-state index contributed by atoms with van der Waals surface area (Å²) in [4.78, 5) is 17.5. The van der Waals surface area contributed by atoms with Crippen LogP contribution in [0.5, 0.6) is 11.8 Å². The minimum atomic E-state index is -0.331. The predicted octanol–water partition coefficient (Wildman–Crippen LogP) is 4.88. The number of hydrogen-bond acceptors (Lipinski definition) is 6. The summed E-state index contributed by atoms with van der Waals surface area (Å²) in [5, 5.41) is 0. The van der Waals surface area contributed by atoms with Gasteiger partial charge in [-0.15, -0.1) is 0 Å². The second-order valence-corrected chi connectivity index (χ2v) is 7.46. The maximum Gasteiger partial charge on any atom is 0.227 e. The van der Waals surface area contributed by atoms with E-state index in [1.807, 2.05) is 13.8 Å². The maximum absolute atomic E-state index is 14.5. The zero-order chi connectivity index (χ0) is 21.3. The van der Waals surface area contributed by atoms with Crippen molar-refractivity contribution >= 4 is 5.57 Å². The number of methoxy groups -OCH3 is 1. The van der Waals surface area contributed by atoms with Crippen molar-refractivity contribution in [2.75, 3.05) is 7.11 Å². The summed E-state index contributed by atoms with van der Waals surface area (Å²) in [7, 11) is 1.56. The maximum atomic E-state index is 14.5. The Balaban J connectivity index is 1.60. The smallest absolute Gasteiger partial charge is 0.227 e. The fourth-order valence-electron chi connectivity index (χ4n) is 3.42. The Morgan fingerprint density at radius 2 is 2.03 bits per heavy atom. The molecule has 4 rings (SSSR count). The molecule has 1 aromatic carbocycles. The Hall–Kier alpha value is -3.35. The fraction of sp³-hybridized carbons (Fsp3) is 0.304. The highest BCUT2D eigenvalue weighted by molar-refractivity contribution is 5.66. The standard InChI is InChI=1S/C23H23FN4O2/c1-13(2)17-10-18(24)16(9-14(17)3)11-30-19-7-8-25-22(28-19)20-21(15-5-6-15)26-12-27-23(20)29-4/h7-10,12,15H,1,5-6,11H2,2-4H3. The van der Waals surface area contributed by atoms with Crippen molar-refractivity contribution in [3.63, 3.8) is 0 Å². The molecule has 1 aliphatic carbocycles. The van der Waals surface area contributed by atoms with Crippen molar-refractivity contribution in [3.8, 4) is 23.1 Å². The van der Waals surface area contributed by atoms with E-state index >= 15 is 0 Å². The highest BCUT2D eigenvalue weighted by Crippen LogP contribution is 2.44. The molecule has 154 valence electrons. The number of halogens is 1. The Bertz CT molecular complexity index is 1110. The third-order valence-corrected chi connectivity index (χ3v) is 5.08. The van der Waals surface area contributed by atoms with Crippen LogP contribution >= 0.6 is 0 Å². The molecule has 6 nitrogen and oxygen atoms in total. The molecule has 2 heterocycles. The lowest BCUT2D eigenvalue weighted by atomic mass is 10.00. The van der Waals surface area contributed by atoms with E-state index in [0.717, 1.165) is 35.2 Å². The van der Waals surface area contributed by atoms with E-state index in [4.69, 9.17) is 9.47 Å². The molecule has 0 atom stereocenters. The van der Waals surface area contributed by atoms with E-state index in [9.17, 15) is 4.39 Å². The first-order valence-corrected chi connectivity index (χ1v) is 9.78. The van der Waals surface area contributed by atoms with Gasteiger partial charge in [0, 0.05) is 23.7 Å². The Labute approximate surface area is 174 Å². The van der Waals surface area contributed by atoms with Crippen LogP contribution in [0, 0.1) is 12.7 Å². The molecule has 0 unspecified atom stereocenters. The highest BCUT2D eigenvalue weighted by Gasteiger charge is 2.31. The van der Waals surface area contributed by atoms with Gasteiger partial charge in [0.15, 0.2) is 5.82 Å². The van der Waals surface area contributed by atoms with Crippen molar-refractivity contribution in [1.29, 1.82) is 0 Å². The van der Waals surface area contributed by atoms with Crippen LogP contribution in [0.15, 0.2) is 37.3 Å². The molecule has 1 aliphatic rings. The van der Waals surface area contributed by atoms with E-state index in [1.54, 1.807) is 25.4 Å². The topological polar surface area (TPSA) is 70.0 Å². The zero-order valence-electron chi connectivity index (χ0n) is 17.3. The fourth-order valence-corrected chi connectivity index (χ4v) is 3.42. The van der Waals surface area contributed by atoms with E-state index in [0.29, 0.717) is 34.6 Å². The molecule has 0 aliphatic heterocycles. The van der Waals surface area contributed by atoms with Gasteiger partial charge in [-0.25, -0.2) is 19.3 Å². The van der Waals surface area contributed by atoms with E-state index in [2.05, 4.69) is 26.5 Å². The number of allylic oxidation sites excluding steroid dienone is 1. The van der Waals surface area contributed by atoms with Gasteiger partial charge in [-0.2, -0.15) is 4.98 Å². The summed E-state index contributed by atoms with van der Waals surface area (Å²) in [6.45, 7) is 7.73. The summed E-state index contributed by atoms with van der Waals surface area (Å²) in [5.41, 5.74) is 4.61. The number of hydrogen-bond donors (Lipinski definition) is 0. The quantitative estimate of drug-likeness (QED) is 0.557. The van der Waals surface area contributed by atoms with Gasteiger partial charge in [-0.3, -0.25) is 0 Å². The van der Waals surface area contributed by atoms with Crippen LogP contribution in [-0.4, -0.2) is 27.0 Å². The summed E-state index contributed by atoms with van der Waals surface area (Å²) in [6.07, 6.45) is 5.24. The molecule has 0 N–H and O–H groups in total. The summed E-state index contributed by atoms with van der Waals surface area (Å²) in [6, 6.07) is 4.92. The van der Waals surface area contributed by atoms with Crippen molar-refractivity contribution in [1.82, 2.24) is 19.9 Å². The highest BCUT2D eigenvalue weighted by atomic mass is 19.1. The van der Waals surface area contributed by atoms with Crippen LogP contribution in [0.4, 0.5) is 4.39 Å². The number of rotatable bonds is 7. The molecule has 3 aromatic rings. The summed E-state index contributed by atoms with van der Waals surface area (Å²) < 4.78 is 25.7. The summed E-state index contributed by atoms with van der Waals surface area (Å²) >= 11 is 0. The molecule has 1 saturated carbocycles. The van der Waals surface area contributed by atoms with E-state index < -0.39 is 0 Å². The van der Waals surface area contributed by atoms with Crippen molar-refractivity contribution < 1.29 is 13.9 Å². The van der Waals surface area contributed by atoms with Crippen LogP contribution in [0.2, 0.25) is 0 Å². The van der Waals surface area contributed by atoms with Crippen LogP contribution in [0.3, 0.4) is 0 Å². The predicted molar refractivity (Wildman–Crippen MR) is 112 cm³/mol. The van der Waals surface area contributed by atoms with Gasteiger partial charge in [0.05, 0.1) is 12.8 Å². The lowest BCUT2D eigenvalue weighted by Crippen LogP contribution is -2.05. The van der Waals surface area contributed by atoms with Gasteiger partial charge < -0.3 is 9.47 Å². The monoisotopic (exact) mass is 406 g/mol. The van der Waals surface area contributed by atoms with Gasteiger partial charge in [-0.05, 0) is 49.9 Å². The molecule has 30 heavy (non-hydrogen) atoms. The molecule has 2 aromatic heterocycles. The van der Waals surface area contributed by atoms with Crippen LogP contribution in [0.25, 0.3) is 17.0 Å². The van der Waals surface area contributed by atoms with Gasteiger partial charge in [0.1, 0.15) is 24.3 Å². The molecule has 7 heteroatoms. The second-order valence-electron chi connectivity index (χ2n) is 7.46. The largest absolute Gasteiger partial charge is 0.480 e. The Kier molecular flexibility index (Phi) is 5.44. The van der Waals surface area contributed by atoms with E-state index in [1.165, 1.54) is 12.4 Å². The number of benzene rings is 1. The number of aryl methyl sites for hydroxylation is 1. The first-order chi connectivity index (χ1) is 14.5. The average molecular weight is 406 g/mol. The molecule has 1 fully saturated rings. The Morgan fingerprint density at radius 3 is 2.73 bits per heavy atom. The van der Waals surface area contributed by atoms with Gasteiger partial charge in [0.25, 0.3) is 0 Å². The molecule has 0 amide bonds.